The number of unbranched alkanes of at least 4 members (excludes halogenated alkanes) is 1. The number of aryl methyl sites for hydroxylation is 1. The summed E-state index contributed by atoms with van der Waals surface area (Å²) < 4.78 is 13.4. The minimum atomic E-state index is -0.905. The van der Waals surface area contributed by atoms with Crippen molar-refractivity contribution in [3.8, 4) is 21.8 Å². The lowest BCUT2D eigenvalue weighted by molar-refractivity contribution is -0.144. The number of likely N-dealkylation sites (tertiary alicyclic amines) is 1. The normalized spacial score (nSPS) is 13.5. The summed E-state index contributed by atoms with van der Waals surface area (Å²) in [5, 5.41) is 9.57. The molecular weight excluding hydrogens is 833 g/mol. The van der Waals surface area contributed by atoms with Crippen LogP contribution < -0.4 is 16.4 Å². The first-order valence-electron chi connectivity index (χ1n) is 22.1. The minimum absolute atomic E-state index is 0.0764. The highest BCUT2D eigenvalue weighted by Crippen LogP contribution is 2.41. The first-order valence-corrected chi connectivity index (χ1v) is 23.0. The van der Waals surface area contributed by atoms with Crippen molar-refractivity contribution in [3.63, 3.8) is 0 Å². The van der Waals surface area contributed by atoms with Crippen LogP contribution in [0.15, 0.2) is 54.6 Å². The molecule has 0 aliphatic carbocycles. The average molecular weight is 901 g/mol. The molecule has 0 radical (unpaired) electrons. The van der Waals surface area contributed by atoms with Crippen LogP contribution in [0.5, 0.6) is 0 Å². The summed E-state index contributed by atoms with van der Waals surface area (Å²) in [5.41, 5.74) is 11.8. The van der Waals surface area contributed by atoms with E-state index in [1.54, 1.807) is 20.4 Å². The van der Waals surface area contributed by atoms with Crippen LogP contribution >= 0.6 is 11.3 Å². The second-order valence-electron chi connectivity index (χ2n) is 17.2. The first kappa shape index (κ1) is 51.2. The monoisotopic (exact) mass is 900 g/mol. The van der Waals surface area contributed by atoms with E-state index < -0.39 is 18.0 Å². The lowest BCUT2D eigenvalue weighted by Gasteiger charge is -2.29. The number of nitrogens with two attached hydrogens (primary N) is 1. The summed E-state index contributed by atoms with van der Waals surface area (Å²) in [6, 6.07) is 8.68. The van der Waals surface area contributed by atoms with E-state index in [9.17, 15) is 24.0 Å². The number of nitrogens with one attached hydrogen (secondary N) is 2. The molecule has 0 spiro atoms. The SMILES string of the molecule is C=CC(=O)N1CCCC1.CCn1c(-c2cccnc2COC)c(CC(C)(C)COC(C)=O)c2cc(-c3nc(CC(NC(=O)C(C(C)C)N(C)C=O)C(=O)NCCCCN)cs3)ccc21. The van der Waals surface area contributed by atoms with Gasteiger partial charge in [0.1, 0.15) is 17.1 Å². The van der Waals surface area contributed by atoms with Gasteiger partial charge in [0.2, 0.25) is 24.1 Å². The lowest BCUT2D eigenvalue weighted by Crippen LogP contribution is -2.55. The van der Waals surface area contributed by atoms with E-state index in [0.717, 1.165) is 76.3 Å². The number of carbonyl (C=O) groups is 5. The van der Waals surface area contributed by atoms with Crippen LogP contribution in [0.2, 0.25) is 0 Å². The molecule has 1 fully saturated rings. The number of nitrogens with zero attached hydrogens (tertiary/aromatic N) is 5. The number of esters is 1. The molecular formula is C48H68N8O7S. The Morgan fingerprint density at radius 2 is 1.84 bits per heavy atom. The second kappa shape index (κ2) is 24.6. The number of ether oxygens (including phenoxy) is 2. The third-order valence-corrected chi connectivity index (χ3v) is 12.0. The number of pyridine rings is 1. The number of thiazole rings is 1. The fraction of sp³-hybridized carbons (Fsp3) is 0.521. The van der Waals surface area contributed by atoms with Gasteiger partial charge in [0, 0.05) is 92.7 Å². The molecule has 4 amide bonds. The molecule has 4 aromatic rings. The van der Waals surface area contributed by atoms with Gasteiger partial charge >= 0.3 is 5.97 Å². The molecule has 4 heterocycles. The van der Waals surface area contributed by atoms with E-state index in [0.29, 0.717) is 51.2 Å². The highest BCUT2D eigenvalue weighted by Gasteiger charge is 2.31. The number of amides is 4. The Morgan fingerprint density at radius 1 is 1.11 bits per heavy atom. The summed E-state index contributed by atoms with van der Waals surface area (Å²) in [5.74, 6) is -1.15. The summed E-state index contributed by atoms with van der Waals surface area (Å²) >= 11 is 1.47. The van der Waals surface area contributed by atoms with E-state index in [2.05, 4.69) is 71.8 Å². The van der Waals surface area contributed by atoms with Gasteiger partial charge in [-0.05, 0) is 93.5 Å². The molecule has 0 bridgehead atoms. The largest absolute Gasteiger partial charge is 0.465 e. The zero-order valence-electron chi connectivity index (χ0n) is 38.9. The smallest absolute Gasteiger partial charge is 0.302 e. The number of fused-ring (bicyclic) bond motifs is 1. The summed E-state index contributed by atoms with van der Waals surface area (Å²) in [6.45, 7) is 19.0. The molecule has 2 atom stereocenters. The Morgan fingerprint density at radius 3 is 2.47 bits per heavy atom. The van der Waals surface area contributed by atoms with Crippen molar-refractivity contribution < 1.29 is 33.4 Å². The highest BCUT2D eigenvalue weighted by atomic mass is 32.1. The van der Waals surface area contributed by atoms with Gasteiger partial charge in [-0.1, -0.05) is 34.3 Å². The zero-order valence-corrected chi connectivity index (χ0v) is 39.7. The topological polar surface area (TPSA) is 191 Å². The first-order chi connectivity index (χ1) is 30.6. The molecule has 4 N–H and O–H groups in total. The van der Waals surface area contributed by atoms with Gasteiger partial charge in [-0.25, -0.2) is 4.98 Å². The number of carbonyl (C=O) groups excluding carboxylic acids is 5. The van der Waals surface area contributed by atoms with Crippen LogP contribution in [-0.2, 0) is 59.4 Å². The number of hydrogen-bond acceptors (Lipinski definition) is 11. The Labute approximate surface area is 382 Å². The molecule has 15 nitrogen and oxygen atoms in total. The molecule has 2 unspecified atom stereocenters. The van der Waals surface area contributed by atoms with Crippen LogP contribution in [0.25, 0.3) is 32.7 Å². The number of aromatic nitrogens is 3. The molecule has 16 heteroatoms. The van der Waals surface area contributed by atoms with Crippen molar-refractivity contribution in [1.29, 1.82) is 0 Å². The van der Waals surface area contributed by atoms with Crippen LogP contribution in [0.3, 0.4) is 0 Å². The molecule has 1 saturated heterocycles. The number of rotatable bonds is 22. The van der Waals surface area contributed by atoms with Gasteiger partial charge in [0.05, 0.1) is 30.3 Å². The summed E-state index contributed by atoms with van der Waals surface area (Å²) in [4.78, 5) is 74.0. The van der Waals surface area contributed by atoms with E-state index in [1.807, 2.05) is 30.2 Å². The number of benzene rings is 1. The van der Waals surface area contributed by atoms with E-state index in [4.69, 9.17) is 20.2 Å². The maximum atomic E-state index is 13.5. The van der Waals surface area contributed by atoms with Crippen LogP contribution in [0, 0.1) is 11.3 Å². The predicted octanol–water partition coefficient (Wildman–Crippen LogP) is 5.91. The van der Waals surface area contributed by atoms with E-state index in [1.165, 1.54) is 29.2 Å². The molecule has 64 heavy (non-hydrogen) atoms. The zero-order chi connectivity index (χ0) is 47.0. The number of hydrogen-bond donors (Lipinski definition) is 3. The summed E-state index contributed by atoms with van der Waals surface area (Å²) in [7, 11) is 3.22. The fourth-order valence-electron chi connectivity index (χ4n) is 8.01. The van der Waals surface area contributed by atoms with Crippen molar-refractivity contribution in [2.24, 2.45) is 17.1 Å². The maximum absolute atomic E-state index is 13.5. The van der Waals surface area contributed by atoms with Gasteiger partial charge in [-0.3, -0.25) is 29.0 Å². The third-order valence-electron chi connectivity index (χ3n) is 11.1. The predicted molar refractivity (Wildman–Crippen MR) is 252 cm³/mol. The van der Waals surface area contributed by atoms with Crippen LogP contribution in [0.4, 0.5) is 0 Å². The molecule has 348 valence electrons. The average Bonchev–Trinajstić information content (AvgIpc) is 4.05. The fourth-order valence-corrected chi connectivity index (χ4v) is 8.84. The second-order valence-corrected chi connectivity index (χ2v) is 18.1. The third kappa shape index (κ3) is 13.8. The van der Waals surface area contributed by atoms with Crippen molar-refractivity contribution in [3.05, 3.63) is 71.5 Å². The molecule has 1 aliphatic heterocycles. The molecule has 5 rings (SSSR count). The Hall–Kier alpha value is -5.45. The molecule has 0 saturated carbocycles. The van der Waals surface area contributed by atoms with Crippen molar-refractivity contribution >= 4 is 52.3 Å². The van der Waals surface area contributed by atoms with Gasteiger partial charge < -0.3 is 40.2 Å². The number of likely N-dealkylation sites (N-methyl/N-ethyl adjacent to an activating group) is 1. The van der Waals surface area contributed by atoms with Crippen molar-refractivity contribution in [2.75, 3.05) is 46.9 Å². The van der Waals surface area contributed by atoms with E-state index in [-0.39, 0.29) is 42.1 Å². The van der Waals surface area contributed by atoms with E-state index >= 15 is 0 Å². The van der Waals surface area contributed by atoms with Gasteiger partial charge in [-0.2, -0.15) is 0 Å². The van der Waals surface area contributed by atoms with Crippen LogP contribution in [-0.4, -0.2) is 113 Å². The highest BCUT2D eigenvalue weighted by molar-refractivity contribution is 7.13. The minimum Gasteiger partial charge on any atom is -0.465 e. The Kier molecular flexibility index (Phi) is 19.6. The summed E-state index contributed by atoms with van der Waals surface area (Å²) in [6.07, 6.45) is 8.34. The van der Waals surface area contributed by atoms with Crippen molar-refractivity contribution in [2.45, 2.75) is 105 Å². The Bertz CT molecular complexity index is 2210. The quantitative estimate of drug-likeness (QED) is 0.0370. The standard InChI is InChI=1S/C41H57N7O6S.C7H11NO/c1-9-48-35-15-14-28(19-31(35)32(21-41(5,6)24-54-27(4)50)37(48)30-13-12-18-43-34(30)22-53-8)40-45-29(23-55-40)20-33(38(51)44-17-11-10-16-42)46-39(52)36(26(2)3)47(7)25-49;1-2-7(9)8-5-3-4-6-8/h12-15,18-19,23,25-26,33,36H,9-11,16-17,20-22,24,42H2,1-8H3,(H,44,51)(H,46,52);2H,1,3-6H2. The number of methoxy groups -OCH3 is 1. The van der Waals surface area contributed by atoms with Gasteiger partial charge in [0.15, 0.2) is 0 Å². The van der Waals surface area contributed by atoms with Crippen LogP contribution in [0.1, 0.15) is 84.2 Å². The van der Waals surface area contributed by atoms with Gasteiger partial charge in [0.25, 0.3) is 0 Å². The van der Waals surface area contributed by atoms with Crippen molar-refractivity contribution in [1.82, 2.24) is 35.0 Å². The lowest BCUT2D eigenvalue weighted by atomic mass is 9.84. The van der Waals surface area contributed by atoms with Gasteiger partial charge in [-0.15, -0.1) is 11.3 Å². The molecule has 3 aromatic heterocycles. The maximum Gasteiger partial charge on any atom is 0.302 e. The molecule has 1 aliphatic rings. The Balaban J connectivity index is 0.000000885. The molecule has 1 aromatic carbocycles.